The summed E-state index contributed by atoms with van der Waals surface area (Å²) in [5.74, 6) is -0.0303. The van der Waals surface area contributed by atoms with E-state index in [2.05, 4.69) is 39.4 Å². The highest BCUT2D eigenvalue weighted by Crippen LogP contribution is 2.29. The Kier molecular flexibility index (Phi) is 9.65. The number of rotatable bonds is 10. The lowest BCUT2D eigenvalue weighted by atomic mass is 10.0. The highest BCUT2D eigenvalue weighted by molar-refractivity contribution is 6.07. The summed E-state index contributed by atoms with van der Waals surface area (Å²) in [6.45, 7) is 6.73. The minimum Gasteiger partial charge on any atom is -0.387 e. The minimum absolute atomic E-state index is 0.00147. The topological polar surface area (TPSA) is 133 Å². The average molecular weight is 546 g/mol. The molecule has 1 unspecified atom stereocenters. The number of amidine groups is 1. The highest BCUT2D eigenvalue weighted by atomic mass is 16.2. The van der Waals surface area contributed by atoms with Gasteiger partial charge in [-0.2, -0.15) is 0 Å². The van der Waals surface area contributed by atoms with Crippen LogP contribution < -0.4 is 16.4 Å². The lowest BCUT2D eigenvalue weighted by Crippen LogP contribution is -2.41. The molecule has 0 spiro atoms. The molecule has 4 rings (SSSR count). The molecular formula is C30H39N7O3. The number of nitrogens with two attached hydrogens (primary N) is 1. The monoisotopic (exact) mass is 545 g/mol. The number of anilines is 1. The number of aromatic nitrogens is 1. The van der Waals surface area contributed by atoms with E-state index >= 15 is 0 Å². The molecular weight excluding hydrogens is 506 g/mol. The number of aliphatic imine (C=N–C) groups is 1. The molecule has 2 aliphatic heterocycles. The van der Waals surface area contributed by atoms with E-state index in [1.165, 1.54) is 0 Å². The van der Waals surface area contributed by atoms with Gasteiger partial charge in [0.25, 0.3) is 5.91 Å². The average Bonchev–Trinajstić information content (AvgIpc) is 3.29. The van der Waals surface area contributed by atoms with Crippen molar-refractivity contribution in [3.8, 4) is 0 Å². The Labute approximate surface area is 235 Å². The molecule has 1 aromatic carbocycles. The molecule has 0 aliphatic carbocycles. The van der Waals surface area contributed by atoms with Crippen molar-refractivity contribution >= 4 is 41.0 Å². The summed E-state index contributed by atoms with van der Waals surface area (Å²) in [5, 5.41) is 5.84. The van der Waals surface area contributed by atoms with Crippen LogP contribution in [0.15, 0.2) is 47.2 Å². The Balaban J connectivity index is 1.45. The van der Waals surface area contributed by atoms with Gasteiger partial charge < -0.3 is 21.3 Å². The van der Waals surface area contributed by atoms with Crippen LogP contribution in [0.25, 0.3) is 6.08 Å². The maximum absolute atomic E-state index is 13.2. The molecule has 4 N–H and O–H groups in total. The molecule has 3 heterocycles. The number of nitrogens with one attached hydrogen (secondary N) is 2. The van der Waals surface area contributed by atoms with Crippen molar-refractivity contribution in [2.45, 2.75) is 58.5 Å². The third-order valence-electron chi connectivity index (χ3n) is 7.15. The number of benzene rings is 1. The zero-order valence-corrected chi connectivity index (χ0v) is 23.6. The van der Waals surface area contributed by atoms with E-state index < -0.39 is 0 Å². The molecule has 1 atom stereocenters. The lowest BCUT2D eigenvalue weighted by molar-refractivity contribution is -0.127. The first-order chi connectivity index (χ1) is 19.3. The van der Waals surface area contributed by atoms with E-state index in [0.29, 0.717) is 48.0 Å². The molecule has 0 saturated carbocycles. The number of likely N-dealkylation sites (N-methyl/N-ethyl adjacent to an activating group) is 1. The Morgan fingerprint density at radius 3 is 2.60 bits per heavy atom. The van der Waals surface area contributed by atoms with Gasteiger partial charge in [0, 0.05) is 49.0 Å². The third kappa shape index (κ3) is 7.12. The zero-order chi connectivity index (χ0) is 28.6. The maximum atomic E-state index is 13.2. The van der Waals surface area contributed by atoms with Gasteiger partial charge in [-0.3, -0.25) is 24.3 Å². The second-order valence-electron chi connectivity index (χ2n) is 10.4. The molecule has 2 aliphatic rings. The predicted octanol–water partition coefficient (Wildman–Crippen LogP) is 3.47. The van der Waals surface area contributed by atoms with Gasteiger partial charge in [-0.1, -0.05) is 19.9 Å². The zero-order valence-electron chi connectivity index (χ0n) is 23.6. The van der Waals surface area contributed by atoms with Crippen LogP contribution in [0, 0.1) is 0 Å². The van der Waals surface area contributed by atoms with Gasteiger partial charge in [-0.05, 0) is 69.1 Å². The molecule has 0 radical (unpaired) electrons. The molecule has 3 amide bonds. The molecule has 1 aromatic heterocycles. The predicted molar refractivity (Wildman–Crippen MR) is 157 cm³/mol. The fourth-order valence-electron chi connectivity index (χ4n) is 5.13. The Hall–Kier alpha value is -4.05. The maximum Gasteiger partial charge on any atom is 0.255 e. The van der Waals surface area contributed by atoms with Crippen molar-refractivity contribution in [3.63, 3.8) is 0 Å². The van der Waals surface area contributed by atoms with Crippen LogP contribution in [0.5, 0.6) is 0 Å². The van der Waals surface area contributed by atoms with Crippen molar-refractivity contribution in [1.82, 2.24) is 20.1 Å². The van der Waals surface area contributed by atoms with Gasteiger partial charge >= 0.3 is 0 Å². The number of hydrogen-bond donors (Lipinski definition) is 3. The second kappa shape index (κ2) is 13.3. The Bertz CT molecular complexity index is 1310. The summed E-state index contributed by atoms with van der Waals surface area (Å²) in [4.78, 5) is 51.4. The van der Waals surface area contributed by atoms with Crippen molar-refractivity contribution in [3.05, 3.63) is 58.9 Å². The second-order valence-corrected chi connectivity index (χ2v) is 10.4. The number of fused-ring (bicyclic) bond motifs is 1. The molecule has 10 heteroatoms. The number of pyridine rings is 1. The van der Waals surface area contributed by atoms with Gasteiger partial charge in [0.05, 0.1) is 23.6 Å². The largest absolute Gasteiger partial charge is 0.387 e. The molecule has 212 valence electrons. The van der Waals surface area contributed by atoms with Crippen LogP contribution in [0.3, 0.4) is 0 Å². The van der Waals surface area contributed by atoms with E-state index in [-0.39, 0.29) is 30.2 Å². The van der Waals surface area contributed by atoms with E-state index in [4.69, 9.17) is 5.73 Å². The van der Waals surface area contributed by atoms with Crippen molar-refractivity contribution in [1.29, 1.82) is 0 Å². The number of likely N-dealkylation sites (tertiary alicyclic amines) is 1. The van der Waals surface area contributed by atoms with Crippen LogP contribution in [-0.2, 0) is 16.1 Å². The summed E-state index contributed by atoms with van der Waals surface area (Å²) in [6.07, 6.45) is 8.94. The van der Waals surface area contributed by atoms with E-state index in [1.807, 2.05) is 18.0 Å². The molecule has 1 saturated heterocycles. The van der Waals surface area contributed by atoms with Crippen LogP contribution in [0.1, 0.15) is 67.4 Å². The smallest absolute Gasteiger partial charge is 0.255 e. The first kappa shape index (κ1) is 28.9. The number of amides is 3. The molecule has 0 bridgehead atoms. The molecule has 2 aromatic rings. The van der Waals surface area contributed by atoms with Crippen LogP contribution >= 0.6 is 0 Å². The first-order valence-corrected chi connectivity index (χ1v) is 14.0. The fraction of sp³-hybridized carbons (Fsp3) is 0.433. The molecule has 1 fully saturated rings. The van der Waals surface area contributed by atoms with Crippen LogP contribution in [0.2, 0.25) is 0 Å². The Morgan fingerprint density at radius 2 is 1.90 bits per heavy atom. The SMILES string of the molecule is CCCN(CCC)C(=O)C1=Cc2ccc(C(=O)Nc3cncc(CNC(=O)C4CCCN4C)c3)cc2N=C(N)C1. The first-order valence-electron chi connectivity index (χ1n) is 14.0. The van der Waals surface area contributed by atoms with E-state index in [9.17, 15) is 14.4 Å². The summed E-state index contributed by atoms with van der Waals surface area (Å²) in [5.41, 5.74) is 9.76. The molecule has 10 nitrogen and oxygen atoms in total. The van der Waals surface area contributed by atoms with E-state index in [1.54, 1.807) is 36.7 Å². The van der Waals surface area contributed by atoms with Gasteiger partial charge in [-0.15, -0.1) is 0 Å². The highest BCUT2D eigenvalue weighted by Gasteiger charge is 2.27. The summed E-state index contributed by atoms with van der Waals surface area (Å²) in [7, 11) is 1.96. The van der Waals surface area contributed by atoms with Crippen molar-refractivity contribution in [2.24, 2.45) is 10.7 Å². The molecule has 40 heavy (non-hydrogen) atoms. The number of nitrogens with zero attached hydrogens (tertiary/aromatic N) is 4. The standard InChI is InChI=1S/C30H39N7O3/c1-4-10-37(11-5-2)30(40)23-14-21-8-9-22(15-25(21)35-27(31)16-23)28(38)34-24-13-20(17-32-19-24)18-33-29(39)26-7-6-12-36(26)3/h8-9,13-15,17,19,26H,4-7,10-12,16,18H2,1-3H3,(H2,31,35)(H,33,39)(H,34,38). The number of carbonyl (C=O) groups excluding carboxylic acids is 3. The van der Waals surface area contributed by atoms with Gasteiger partial charge in [0.15, 0.2) is 0 Å². The van der Waals surface area contributed by atoms with Crippen LogP contribution in [-0.4, -0.2) is 71.1 Å². The van der Waals surface area contributed by atoms with Crippen molar-refractivity contribution < 1.29 is 14.4 Å². The minimum atomic E-state index is -0.325. The summed E-state index contributed by atoms with van der Waals surface area (Å²) < 4.78 is 0. The number of hydrogen-bond acceptors (Lipinski definition) is 7. The van der Waals surface area contributed by atoms with Gasteiger partial charge in [0.2, 0.25) is 11.8 Å². The lowest BCUT2D eigenvalue weighted by Gasteiger charge is -2.22. The Morgan fingerprint density at radius 1 is 1.12 bits per heavy atom. The summed E-state index contributed by atoms with van der Waals surface area (Å²) in [6, 6.07) is 6.86. The van der Waals surface area contributed by atoms with Crippen molar-refractivity contribution in [2.75, 3.05) is 32.0 Å². The van der Waals surface area contributed by atoms with Gasteiger partial charge in [-0.25, -0.2) is 4.99 Å². The third-order valence-corrected chi connectivity index (χ3v) is 7.15. The quantitative estimate of drug-likeness (QED) is 0.419. The van der Waals surface area contributed by atoms with Gasteiger partial charge in [0.1, 0.15) is 5.84 Å². The normalized spacial score (nSPS) is 16.8. The fourth-order valence-corrected chi connectivity index (χ4v) is 5.13. The van der Waals surface area contributed by atoms with Crippen LogP contribution in [0.4, 0.5) is 11.4 Å². The van der Waals surface area contributed by atoms with E-state index in [0.717, 1.165) is 43.4 Å². The summed E-state index contributed by atoms with van der Waals surface area (Å²) >= 11 is 0. The number of carbonyl (C=O) groups is 3.